The number of benzene rings is 2. The summed E-state index contributed by atoms with van der Waals surface area (Å²) in [4.78, 5) is 0. The molecule has 1 aliphatic carbocycles. The van der Waals surface area contributed by atoms with E-state index in [0.717, 1.165) is 23.6 Å². The van der Waals surface area contributed by atoms with Gasteiger partial charge in [0.15, 0.2) is 11.5 Å². The van der Waals surface area contributed by atoms with Crippen LogP contribution >= 0.6 is 0 Å². The smallest absolute Gasteiger partial charge is 0.398 e. The minimum Gasteiger partial charge on any atom is -0.491 e. The van der Waals surface area contributed by atoms with Gasteiger partial charge in [-0.2, -0.15) is 17.6 Å². The van der Waals surface area contributed by atoms with E-state index >= 15 is 0 Å². The maximum Gasteiger partial charge on any atom is 0.398 e. The van der Waals surface area contributed by atoms with Crippen molar-refractivity contribution in [2.75, 3.05) is 6.61 Å². The Morgan fingerprint density at radius 2 is 1.50 bits per heavy atom. The van der Waals surface area contributed by atoms with Crippen molar-refractivity contribution in [1.29, 1.82) is 0 Å². The average Bonchev–Trinajstić information content (AvgIpc) is 2.84. The Bertz CT molecular complexity index is 890. The van der Waals surface area contributed by atoms with Crippen LogP contribution in [0.25, 0.3) is 0 Å². The minimum absolute atomic E-state index is 0.0680. The largest absolute Gasteiger partial charge is 0.491 e. The van der Waals surface area contributed by atoms with Gasteiger partial charge in [0.05, 0.1) is 13.0 Å². The summed E-state index contributed by atoms with van der Waals surface area (Å²) in [6, 6.07) is 9.90. The second-order valence-electron chi connectivity index (χ2n) is 9.32. The Labute approximate surface area is 200 Å². The van der Waals surface area contributed by atoms with Gasteiger partial charge in [-0.1, -0.05) is 56.9 Å². The van der Waals surface area contributed by atoms with E-state index in [1.54, 1.807) is 6.92 Å². The van der Waals surface area contributed by atoms with Gasteiger partial charge in [-0.25, -0.2) is 0 Å². The first-order valence-corrected chi connectivity index (χ1v) is 12.6. The Morgan fingerprint density at radius 1 is 0.853 bits per heavy atom. The van der Waals surface area contributed by atoms with Gasteiger partial charge in [0.25, 0.3) is 0 Å². The highest BCUT2D eigenvalue weighted by molar-refractivity contribution is 5.35. The van der Waals surface area contributed by atoms with E-state index in [2.05, 4.69) is 11.7 Å². The van der Waals surface area contributed by atoms with Gasteiger partial charge in [-0.15, -0.1) is 0 Å². The van der Waals surface area contributed by atoms with Crippen molar-refractivity contribution >= 4 is 0 Å². The number of halogens is 4. The summed E-state index contributed by atoms with van der Waals surface area (Å²) in [5, 5.41) is 0. The van der Waals surface area contributed by atoms with Crippen molar-refractivity contribution in [3.05, 3.63) is 59.2 Å². The number of hydrogen-bond acceptors (Lipinski definition) is 2. The zero-order valence-corrected chi connectivity index (χ0v) is 20.2. The molecule has 2 aromatic rings. The van der Waals surface area contributed by atoms with Crippen LogP contribution in [0.1, 0.15) is 88.7 Å². The third-order valence-electron chi connectivity index (χ3n) is 6.79. The summed E-state index contributed by atoms with van der Waals surface area (Å²) < 4.78 is 66.1. The average molecular weight is 481 g/mol. The molecule has 2 nitrogen and oxygen atoms in total. The molecule has 2 aromatic carbocycles. The van der Waals surface area contributed by atoms with Crippen molar-refractivity contribution in [2.45, 2.75) is 90.1 Å². The second-order valence-corrected chi connectivity index (χ2v) is 9.32. The van der Waals surface area contributed by atoms with Gasteiger partial charge >= 0.3 is 6.11 Å². The third-order valence-corrected chi connectivity index (χ3v) is 6.79. The molecule has 0 N–H and O–H groups in total. The van der Waals surface area contributed by atoms with Crippen LogP contribution in [0, 0.1) is 17.6 Å². The Hall–Kier alpha value is -2.24. The van der Waals surface area contributed by atoms with Gasteiger partial charge in [-0.05, 0) is 74.1 Å². The normalized spacial score (nSPS) is 18.6. The molecule has 0 bridgehead atoms. The van der Waals surface area contributed by atoms with Crippen molar-refractivity contribution < 1.29 is 27.0 Å². The quantitative estimate of drug-likeness (QED) is 0.223. The lowest BCUT2D eigenvalue weighted by atomic mass is 9.77. The molecule has 1 fully saturated rings. The topological polar surface area (TPSA) is 18.5 Å². The lowest BCUT2D eigenvalue weighted by Gasteiger charge is -2.29. The van der Waals surface area contributed by atoms with Crippen LogP contribution in [0.4, 0.5) is 17.6 Å². The fourth-order valence-corrected chi connectivity index (χ4v) is 4.79. The molecule has 1 aliphatic rings. The van der Waals surface area contributed by atoms with E-state index in [-0.39, 0.29) is 18.8 Å². The molecule has 34 heavy (non-hydrogen) atoms. The fourth-order valence-electron chi connectivity index (χ4n) is 4.79. The van der Waals surface area contributed by atoms with E-state index in [1.165, 1.54) is 56.9 Å². The summed E-state index contributed by atoms with van der Waals surface area (Å²) in [7, 11) is 0. The third kappa shape index (κ3) is 7.38. The highest BCUT2D eigenvalue weighted by Gasteiger charge is 2.33. The molecule has 0 aromatic heterocycles. The molecule has 0 atom stereocenters. The number of rotatable bonds is 12. The van der Waals surface area contributed by atoms with Crippen molar-refractivity contribution in [2.24, 2.45) is 5.92 Å². The Kier molecular flexibility index (Phi) is 9.66. The second kappa shape index (κ2) is 12.5. The standard InChI is InChI=1S/C28H36F4O2/c1-3-5-6-7-20-8-12-22(13-9-20)23-14-10-21(11-15-23)18-19-28(31,32)34-25-17-16-24(33-4-2)26(29)27(25)30/h10-11,14-17,20,22H,3-9,12-13,18-19H2,1-2H3. The molecule has 188 valence electrons. The number of hydrogen-bond donors (Lipinski definition) is 0. The lowest BCUT2D eigenvalue weighted by molar-refractivity contribution is -0.181. The summed E-state index contributed by atoms with van der Waals surface area (Å²) in [5.41, 5.74) is 2.03. The van der Waals surface area contributed by atoms with E-state index in [4.69, 9.17) is 4.74 Å². The molecule has 0 aliphatic heterocycles. The molecular weight excluding hydrogens is 444 g/mol. The molecule has 0 amide bonds. The van der Waals surface area contributed by atoms with Gasteiger partial charge in [0.1, 0.15) is 0 Å². The van der Waals surface area contributed by atoms with Crippen molar-refractivity contribution in [3.8, 4) is 11.5 Å². The summed E-state index contributed by atoms with van der Waals surface area (Å²) in [5.74, 6) is -2.58. The van der Waals surface area contributed by atoms with Crippen LogP contribution in [-0.2, 0) is 6.42 Å². The van der Waals surface area contributed by atoms with Gasteiger partial charge < -0.3 is 9.47 Å². The molecule has 0 saturated heterocycles. The molecule has 1 saturated carbocycles. The van der Waals surface area contributed by atoms with Crippen molar-refractivity contribution in [3.63, 3.8) is 0 Å². The van der Waals surface area contributed by atoms with Crippen LogP contribution < -0.4 is 9.47 Å². The summed E-state index contributed by atoms with van der Waals surface area (Å²) in [6.45, 7) is 3.98. The van der Waals surface area contributed by atoms with Crippen LogP contribution in [0.3, 0.4) is 0 Å². The predicted octanol–water partition coefficient (Wildman–Crippen LogP) is 8.82. The first kappa shape index (κ1) is 26.4. The van der Waals surface area contributed by atoms with E-state index in [1.807, 2.05) is 24.3 Å². The molecular formula is C28H36F4O2. The number of ether oxygens (including phenoxy) is 2. The van der Waals surface area contributed by atoms with E-state index < -0.39 is 29.9 Å². The first-order chi connectivity index (χ1) is 16.3. The Morgan fingerprint density at radius 3 is 2.15 bits per heavy atom. The molecule has 0 unspecified atom stereocenters. The zero-order chi connectivity index (χ0) is 24.6. The monoisotopic (exact) mass is 480 g/mol. The van der Waals surface area contributed by atoms with Crippen LogP contribution in [0.5, 0.6) is 11.5 Å². The first-order valence-electron chi connectivity index (χ1n) is 12.6. The minimum atomic E-state index is -3.63. The Balaban J connectivity index is 1.50. The summed E-state index contributed by atoms with van der Waals surface area (Å²) in [6.07, 6.45) is 5.95. The number of aryl methyl sites for hydroxylation is 1. The van der Waals surface area contributed by atoms with Gasteiger partial charge in [-0.3, -0.25) is 0 Å². The van der Waals surface area contributed by atoms with Crippen molar-refractivity contribution in [1.82, 2.24) is 0 Å². The highest BCUT2D eigenvalue weighted by atomic mass is 19.3. The maximum atomic E-state index is 14.3. The van der Waals surface area contributed by atoms with Crippen LogP contribution in [-0.4, -0.2) is 12.7 Å². The van der Waals surface area contributed by atoms with Crippen LogP contribution in [0.2, 0.25) is 0 Å². The molecule has 3 rings (SSSR count). The highest BCUT2D eigenvalue weighted by Crippen LogP contribution is 2.38. The molecule has 0 spiro atoms. The van der Waals surface area contributed by atoms with Gasteiger partial charge in [0, 0.05) is 0 Å². The SMILES string of the molecule is CCCCCC1CCC(c2ccc(CCC(F)(F)Oc3ccc(OCC)c(F)c3F)cc2)CC1. The fraction of sp³-hybridized carbons (Fsp3) is 0.571. The lowest BCUT2D eigenvalue weighted by Crippen LogP contribution is -2.26. The van der Waals surface area contributed by atoms with Crippen LogP contribution in [0.15, 0.2) is 36.4 Å². The molecule has 0 radical (unpaired) electrons. The predicted molar refractivity (Wildman–Crippen MR) is 127 cm³/mol. The number of alkyl halides is 2. The molecule has 0 heterocycles. The zero-order valence-electron chi connectivity index (χ0n) is 20.2. The van der Waals surface area contributed by atoms with E-state index in [9.17, 15) is 17.6 Å². The van der Waals surface area contributed by atoms with Gasteiger partial charge in [0.2, 0.25) is 11.6 Å². The van der Waals surface area contributed by atoms with E-state index in [0.29, 0.717) is 5.92 Å². The number of unbranched alkanes of at least 4 members (excludes halogenated alkanes) is 2. The molecule has 6 heteroatoms. The summed E-state index contributed by atoms with van der Waals surface area (Å²) >= 11 is 0. The maximum absolute atomic E-state index is 14.3.